The molecule has 15 heavy (non-hydrogen) atoms. The number of rotatable bonds is 4. The fourth-order valence-corrected chi connectivity index (χ4v) is 3.14. The summed E-state index contributed by atoms with van der Waals surface area (Å²) < 4.78 is 4.88. The lowest BCUT2D eigenvalue weighted by molar-refractivity contribution is -0.142. The second-order valence-electron chi connectivity index (χ2n) is 4.77. The van der Waals surface area contributed by atoms with Gasteiger partial charge in [-0.15, -0.1) is 0 Å². The van der Waals surface area contributed by atoms with Gasteiger partial charge < -0.3 is 10.1 Å². The number of hydrogen-bond acceptors (Lipinski definition) is 4. The van der Waals surface area contributed by atoms with Crippen molar-refractivity contribution in [3.63, 3.8) is 0 Å². The zero-order chi connectivity index (χ0) is 11.3. The highest BCUT2D eigenvalue weighted by Gasteiger charge is 2.28. The van der Waals surface area contributed by atoms with Crippen LogP contribution in [0, 0.1) is 5.41 Å². The molecular formula is C11H21NO2S. The summed E-state index contributed by atoms with van der Waals surface area (Å²) in [5.74, 6) is 2.17. The molecule has 1 rings (SSSR count). The molecule has 0 amide bonds. The summed E-state index contributed by atoms with van der Waals surface area (Å²) in [5, 5.41) is 3.27. The van der Waals surface area contributed by atoms with Crippen LogP contribution in [0.15, 0.2) is 0 Å². The largest absolute Gasteiger partial charge is 0.465 e. The Kier molecular flexibility index (Phi) is 4.93. The van der Waals surface area contributed by atoms with Crippen LogP contribution in [0.4, 0.5) is 0 Å². The molecule has 0 saturated carbocycles. The monoisotopic (exact) mass is 231 g/mol. The number of carbonyl (C=O) groups excluding carboxylic acids is 1. The predicted octanol–water partition coefficient (Wildman–Crippen LogP) is 1.67. The van der Waals surface area contributed by atoms with Crippen LogP contribution >= 0.6 is 11.8 Å². The summed E-state index contributed by atoms with van der Waals surface area (Å²) >= 11 is 1.96. The highest BCUT2D eigenvalue weighted by Crippen LogP contribution is 2.33. The first-order valence-electron chi connectivity index (χ1n) is 5.50. The molecule has 88 valence electrons. The maximum atomic E-state index is 11.2. The van der Waals surface area contributed by atoms with E-state index in [1.54, 1.807) is 0 Å². The van der Waals surface area contributed by atoms with Crippen molar-refractivity contribution in [2.45, 2.75) is 33.2 Å². The maximum Gasteiger partial charge on any atom is 0.319 e. The number of esters is 1. The average Bonchev–Trinajstić information content (AvgIpc) is 2.14. The van der Waals surface area contributed by atoms with Gasteiger partial charge in [-0.2, -0.15) is 11.8 Å². The van der Waals surface area contributed by atoms with Gasteiger partial charge in [0.25, 0.3) is 0 Å². The maximum absolute atomic E-state index is 11.2. The van der Waals surface area contributed by atoms with Gasteiger partial charge >= 0.3 is 5.97 Å². The Morgan fingerprint density at radius 3 is 2.93 bits per heavy atom. The number of hydrogen-bond donors (Lipinski definition) is 1. The Bertz CT molecular complexity index is 219. The van der Waals surface area contributed by atoms with E-state index in [2.05, 4.69) is 19.2 Å². The van der Waals surface area contributed by atoms with Crippen molar-refractivity contribution in [2.24, 2.45) is 5.41 Å². The molecule has 0 spiro atoms. The quantitative estimate of drug-likeness (QED) is 0.747. The highest BCUT2D eigenvalue weighted by molar-refractivity contribution is 7.99. The molecule has 4 heteroatoms. The second kappa shape index (κ2) is 5.75. The van der Waals surface area contributed by atoms with Crippen molar-refractivity contribution in [1.82, 2.24) is 5.32 Å². The Morgan fingerprint density at radius 2 is 2.33 bits per heavy atom. The van der Waals surface area contributed by atoms with Crippen LogP contribution in [0.25, 0.3) is 0 Å². The summed E-state index contributed by atoms with van der Waals surface area (Å²) in [5.41, 5.74) is 0.384. The molecule has 1 aliphatic heterocycles. The Balaban J connectivity index is 2.24. The van der Waals surface area contributed by atoms with E-state index in [-0.39, 0.29) is 5.97 Å². The molecule has 0 aliphatic carbocycles. The molecule has 1 aliphatic rings. The van der Waals surface area contributed by atoms with Gasteiger partial charge in [0.15, 0.2) is 0 Å². The third-order valence-corrected chi connectivity index (χ3v) is 4.07. The van der Waals surface area contributed by atoms with E-state index in [4.69, 9.17) is 4.74 Å². The molecule has 0 bridgehead atoms. The lowest BCUT2D eigenvalue weighted by Gasteiger charge is -2.35. The number of carbonyl (C=O) groups is 1. The van der Waals surface area contributed by atoms with E-state index in [1.807, 2.05) is 18.7 Å². The minimum absolute atomic E-state index is 0.147. The standard InChI is InChI=1S/C11H21NO2S/c1-4-14-10(13)6-12-9-5-11(2,3)8-15-7-9/h9,12H,4-8H2,1-3H3. The van der Waals surface area contributed by atoms with Crippen LogP contribution in [0.2, 0.25) is 0 Å². The molecule has 1 heterocycles. The van der Waals surface area contributed by atoms with Crippen molar-refractivity contribution in [2.75, 3.05) is 24.7 Å². The Morgan fingerprint density at radius 1 is 1.60 bits per heavy atom. The van der Waals surface area contributed by atoms with E-state index >= 15 is 0 Å². The fraction of sp³-hybridized carbons (Fsp3) is 0.909. The first kappa shape index (κ1) is 12.8. The predicted molar refractivity (Wildman–Crippen MR) is 64.1 cm³/mol. The molecule has 1 unspecified atom stereocenters. The minimum Gasteiger partial charge on any atom is -0.465 e. The third-order valence-electron chi connectivity index (χ3n) is 2.45. The van der Waals surface area contributed by atoms with Crippen molar-refractivity contribution in [1.29, 1.82) is 0 Å². The SMILES string of the molecule is CCOC(=O)CNC1CSCC(C)(C)C1. The number of ether oxygens (including phenoxy) is 1. The molecule has 0 aromatic carbocycles. The van der Waals surface area contributed by atoms with E-state index in [9.17, 15) is 4.79 Å². The first-order chi connectivity index (χ1) is 7.03. The molecular weight excluding hydrogens is 210 g/mol. The van der Waals surface area contributed by atoms with Crippen LogP contribution < -0.4 is 5.32 Å². The van der Waals surface area contributed by atoms with Gasteiger partial charge in [0.1, 0.15) is 0 Å². The highest BCUT2D eigenvalue weighted by atomic mass is 32.2. The Labute approximate surface area is 96.3 Å². The van der Waals surface area contributed by atoms with Crippen molar-refractivity contribution >= 4 is 17.7 Å². The smallest absolute Gasteiger partial charge is 0.319 e. The van der Waals surface area contributed by atoms with Gasteiger partial charge in [0.2, 0.25) is 0 Å². The Hall–Kier alpha value is -0.220. The normalized spacial score (nSPS) is 24.9. The zero-order valence-electron chi connectivity index (χ0n) is 9.84. The summed E-state index contributed by atoms with van der Waals surface area (Å²) in [6.45, 7) is 7.19. The van der Waals surface area contributed by atoms with Gasteiger partial charge in [0, 0.05) is 11.8 Å². The molecule has 0 aromatic heterocycles. The van der Waals surface area contributed by atoms with Gasteiger partial charge in [-0.1, -0.05) is 13.8 Å². The van der Waals surface area contributed by atoms with Crippen molar-refractivity contribution in [3.05, 3.63) is 0 Å². The molecule has 0 radical (unpaired) electrons. The molecule has 1 atom stereocenters. The van der Waals surface area contributed by atoms with Crippen molar-refractivity contribution in [3.8, 4) is 0 Å². The minimum atomic E-state index is -0.147. The van der Waals surface area contributed by atoms with Crippen LogP contribution in [0.1, 0.15) is 27.2 Å². The summed E-state index contributed by atoms with van der Waals surface area (Å²) in [6.07, 6.45) is 1.14. The van der Waals surface area contributed by atoms with E-state index in [1.165, 1.54) is 5.75 Å². The van der Waals surface area contributed by atoms with Crippen LogP contribution in [-0.2, 0) is 9.53 Å². The average molecular weight is 231 g/mol. The molecule has 1 N–H and O–H groups in total. The summed E-state index contributed by atoms with van der Waals surface area (Å²) in [6, 6.07) is 0.447. The molecule has 1 saturated heterocycles. The number of thioether (sulfide) groups is 1. The van der Waals surface area contributed by atoms with Crippen LogP contribution in [-0.4, -0.2) is 36.7 Å². The van der Waals surface area contributed by atoms with Crippen molar-refractivity contribution < 1.29 is 9.53 Å². The van der Waals surface area contributed by atoms with E-state index in [0.717, 1.165) is 12.2 Å². The zero-order valence-corrected chi connectivity index (χ0v) is 10.7. The van der Waals surface area contributed by atoms with Crippen LogP contribution in [0.5, 0.6) is 0 Å². The first-order valence-corrected chi connectivity index (χ1v) is 6.66. The van der Waals surface area contributed by atoms with E-state index in [0.29, 0.717) is 24.6 Å². The van der Waals surface area contributed by atoms with Crippen LogP contribution in [0.3, 0.4) is 0 Å². The van der Waals surface area contributed by atoms with E-state index < -0.39 is 0 Å². The topological polar surface area (TPSA) is 38.3 Å². The summed E-state index contributed by atoms with van der Waals surface area (Å²) in [4.78, 5) is 11.2. The number of nitrogens with one attached hydrogen (secondary N) is 1. The molecule has 1 fully saturated rings. The summed E-state index contributed by atoms with van der Waals surface area (Å²) in [7, 11) is 0. The van der Waals surface area contributed by atoms with Gasteiger partial charge in [-0.05, 0) is 24.5 Å². The second-order valence-corrected chi connectivity index (χ2v) is 5.80. The molecule has 3 nitrogen and oxygen atoms in total. The lowest BCUT2D eigenvalue weighted by atomic mass is 9.88. The molecule has 0 aromatic rings. The third kappa shape index (κ3) is 4.89. The van der Waals surface area contributed by atoms with Gasteiger partial charge in [0.05, 0.1) is 13.2 Å². The van der Waals surface area contributed by atoms with Gasteiger partial charge in [-0.3, -0.25) is 4.79 Å². The fourth-order valence-electron chi connectivity index (χ4n) is 1.83. The van der Waals surface area contributed by atoms with Gasteiger partial charge in [-0.25, -0.2) is 0 Å². The lowest BCUT2D eigenvalue weighted by Crippen LogP contribution is -2.42.